The molecule has 1 aliphatic carbocycles. The van der Waals surface area contributed by atoms with Crippen molar-refractivity contribution in [3.8, 4) is 11.5 Å². The molecule has 0 aromatic heterocycles. The lowest BCUT2D eigenvalue weighted by Crippen LogP contribution is -2.03. The van der Waals surface area contributed by atoms with Crippen molar-refractivity contribution < 1.29 is 10.2 Å². The summed E-state index contributed by atoms with van der Waals surface area (Å²) in [5.74, 6) is 0.615. The predicted octanol–water partition coefficient (Wildman–Crippen LogP) is 3.77. The smallest absolute Gasteiger partial charge is 0.128 e. The van der Waals surface area contributed by atoms with Gasteiger partial charge in [-0.1, -0.05) is 36.4 Å². The monoisotopic (exact) mass is 258 g/mol. The molecule has 2 aromatic carbocycles. The Hall–Kier alpha value is -1.61. The van der Waals surface area contributed by atoms with E-state index in [0.29, 0.717) is 17.9 Å². The highest BCUT2D eigenvalue weighted by Gasteiger charge is 2.24. The number of hydrogen-bond acceptors (Lipinski definition) is 3. The van der Waals surface area contributed by atoms with E-state index < -0.39 is 0 Å². The third-order valence-electron chi connectivity index (χ3n) is 3.47. The first-order valence-electron chi connectivity index (χ1n) is 5.89. The van der Waals surface area contributed by atoms with Crippen LogP contribution in [0.2, 0.25) is 0 Å². The molecule has 0 saturated carbocycles. The van der Waals surface area contributed by atoms with E-state index in [9.17, 15) is 10.2 Å². The fourth-order valence-corrected chi connectivity index (χ4v) is 3.35. The Morgan fingerprint density at radius 3 is 2.44 bits per heavy atom. The molecule has 3 heteroatoms. The highest BCUT2D eigenvalue weighted by molar-refractivity contribution is 7.99. The minimum atomic E-state index is 0.115. The minimum absolute atomic E-state index is 0.115. The Morgan fingerprint density at radius 2 is 1.78 bits per heavy atom. The SMILES string of the molecule is CSC1C=CCc2c1c(O)c1ccccc1c2O. The van der Waals surface area contributed by atoms with Crippen molar-refractivity contribution in [1.82, 2.24) is 0 Å². The zero-order valence-corrected chi connectivity index (χ0v) is 10.9. The molecule has 92 valence electrons. The number of fused-ring (bicyclic) bond motifs is 2. The molecule has 0 spiro atoms. The van der Waals surface area contributed by atoms with Crippen LogP contribution in [0.3, 0.4) is 0 Å². The van der Waals surface area contributed by atoms with Crippen LogP contribution in [0.4, 0.5) is 0 Å². The van der Waals surface area contributed by atoms with Crippen LogP contribution in [0.5, 0.6) is 11.5 Å². The van der Waals surface area contributed by atoms with E-state index in [2.05, 4.69) is 12.2 Å². The van der Waals surface area contributed by atoms with Crippen molar-refractivity contribution in [1.29, 1.82) is 0 Å². The van der Waals surface area contributed by atoms with Gasteiger partial charge in [-0.2, -0.15) is 11.8 Å². The van der Waals surface area contributed by atoms with Crippen molar-refractivity contribution in [2.45, 2.75) is 11.7 Å². The summed E-state index contributed by atoms with van der Waals surface area (Å²) in [5, 5.41) is 22.4. The summed E-state index contributed by atoms with van der Waals surface area (Å²) in [5.41, 5.74) is 1.72. The lowest BCUT2D eigenvalue weighted by Gasteiger charge is -2.23. The van der Waals surface area contributed by atoms with Gasteiger partial charge in [0, 0.05) is 21.9 Å². The van der Waals surface area contributed by atoms with Crippen LogP contribution >= 0.6 is 11.8 Å². The van der Waals surface area contributed by atoms with Gasteiger partial charge in [-0.25, -0.2) is 0 Å². The molecular formula is C15H14O2S. The Kier molecular flexibility index (Phi) is 2.71. The van der Waals surface area contributed by atoms with Crippen molar-refractivity contribution in [3.63, 3.8) is 0 Å². The number of thioether (sulfide) groups is 1. The maximum atomic E-state index is 10.5. The summed E-state index contributed by atoms with van der Waals surface area (Å²) in [4.78, 5) is 0. The minimum Gasteiger partial charge on any atom is -0.507 e. The number of rotatable bonds is 1. The number of allylic oxidation sites excluding steroid dienone is 1. The number of phenols is 2. The lowest BCUT2D eigenvalue weighted by molar-refractivity contribution is 0.459. The highest BCUT2D eigenvalue weighted by Crippen LogP contribution is 2.47. The van der Waals surface area contributed by atoms with Gasteiger partial charge >= 0.3 is 0 Å². The molecule has 0 bridgehead atoms. The largest absolute Gasteiger partial charge is 0.507 e. The van der Waals surface area contributed by atoms with Crippen LogP contribution < -0.4 is 0 Å². The molecule has 1 unspecified atom stereocenters. The van der Waals surface area contributed by atoms with Crippen LogP contribution in [0, 0.1) is 0 Å². The molecule has 2 nitrogen and oxygen atoms in total. The summed E-state index contributed by atoms with van der Waals surface area (Å²) in [6, 6.07) is 7.44. The second-order valence-electron chi connectivity index (χ2n) is 4.42. The van der Waals surface area contributed by atoms with Gasteiger partial charge in [-0.15, -0.1) is 0 Å². The molecule has 0 amide bonds. The maximum Gasteiger partial charge on any atom is 0.128 e. The molecule has 3 rings (SSSR count). The second kappa shape index (κ2) is 4.25. The van der Waals surface area contributed by atoms with Crippen LogP contribution in [-0.4, -0.2) is 16.5 Å². The quantitative estimate of drug-likeness (QED) is 0.604. The van der Waals surface area contributed by atoms with Gasteiger partial charge in [-0.3, -0.25) is 0 Å². The van der Waals surface area contributed by atoms with E-state index in [1.165, 1.54) is 0 Å². The summed E-state index contributed by atoms with van der Waals surface area (Å²) < 4.78 is 0. The van der Waals surface area contributed by atoms with Gasteiger partial charge < -0.3 is 10.2 Å². The van der Waals surface area contributed by atoms with E-state index in [1.807, 2.05) is 30.5 Å². The molecule has 0 aliphatic heterocycles. The van der Waals surface area contributed by atoms with Gasteiger partial charge in [-0.05, 0) is 12.7 Å². The van der Waals surface area contributed by atoms with Crippen molar-refractivity contribution >= 4 is 22.5 Å². The van der Waals surface area contributed by atoms with Crippen LogP contribution in [-0.2, 0) is 6.42 Å². The Labute approximate surface area is 110 Å². The summed E-state index contributed by atoms with van der Waals surface area (Å²) in [6.45, 7) is 0. The van der Waals surface area contributed by atoms with Crippen molar-refractivity contribution in [3.05, 3.63) is 47.5 Å². The third kappa shape index (κ3) is 1.51. The van der Waals surface area contributed by atoms with Gasteiger partial charge in [0.2, 0.25) is 0 Å². The fourth-order valence-electron chi connectivity index (χ4n) is 2.59. The first-order valence-corrected chi connectivity index (χ1v) is 7.17. The summed E-state index contributed by atoms with van der Waals surface area (Å²) in [6.07, 6.45) is 6.82. The zero-order chi connectivity index (χ0) is 12.7. The Morgan fingerprint density at radius 1 is 1.11 bits per heavy atom. The zero-order valence-electron chi connectivity index (χ0n) is 10.1. The van der Waals surface area contributed by atoms with Crippen LogP contribution in [0.15, 0.2) is 36.4 Å². The number of hydrogen-bond donors (Lipinski definition) is 2. The number of aromatic hydroxyl groups is 2. The lowest BCUT2D eigenvalue weighted by atomic mass is 9.90. The average molecular weight is 258 g/mol. The van der Waals surface area contributed by atoms with Gasteiger partial charge in [0.05, 0.1) is 5.25 Å². The standard InChI is InChI=1S/C15H14O2S/c1-18-12-8-4-7-11-13(12)15(17)10-6-3-2-5-9(10)14(11)16/h2-6,8,12,16-17H,7H2,1H3. The molecule has 1 aliphatic rings. The van der Waals surface area contributed by atoms with Crippen LogP contribution in [0.25, 0.3) is 10.8 Å². The topological polar surface area (TPSA) is 40.5 Å². The number of benzene rings is 2. The van der Waals surface area contributed by atoms with E-state index in [-0.39, 0.29) is 5.25 Å². The molecule has 0 fully saturated rings. The summed E-state index contributed by atoms with van der Waals surface area (Å²) >= 11 is 1.66. The molecular weight excluding hydrogens is 244 g/mol. The average Bonchev–Trinajstić information content (AvgIpc) is 2.44. The van der Waals surface area contributed by atoms with Crippen molar-refractivity contribution in [2.24, 2.45) is 0 Å². The van der Waals surface area contributed by atoms with Crippen LogP contribution in [0.1, 0.15) is 16.4 Å². The third-order valence-corrected chi connectivity index (χ3v) is 4.38. The second-order valence-corrected chi connectivity index (χ2v) is 5.40. The molecule has 18 heavy (non-hydrogen) atoms. The van der Waals surface area contributed by atoms with E-state index in [1.54, 1.807) is 11.8 Å². The molecule has 2 N–H and O–H groups in total. The highest BCUT2D eigenvalue weighted by atomic mass is 32.2. The predicted molar refractivity (Wildman–Crippen MR) is 76.4 cm³/mol. The van der Waals surface area contributed by atoms with E-state index >= 15 is 0 Å². The molecule has 0 radical (unpaired) electrons. The van der Waals surface area contributed by atoms with Crippen molar-refractivity contribution in [2.75, 3.05) is 6.26 Å². The Balaban J connectivity index is 2.41. The number of phenolic OH excluding ortho intramolecular Hbond substituents is 2. The van der Waals surface area contributed by atoms with Gasteiger partial charge in [0.1, 0.15) is 11.5 Å². The normalized spacial score (nSPS) is 17.9. The molecule has 2 aromatic rings. The first-order chi connectivity index (χ1) is 8.74. The molecule has 1 atom stereocenters. The molecule has 0 heterocycles. The first kappa shape index (κ1) is 11.5. The Bertz CT molecular complexity index is 646. The fraction of sp³-hybridized carbons (Fsp3) is 0.200. The molecule has 0 saturated heterocycles. The van der Waals surface area contributed by atoms with E-state index in [0.717, 1.165) is 21.9 Å². The van der Waals surface area contributed by atoms with E-state index in [4.69, 9.17) is 0 Å². The summed E-state index contributed by atoms with van der Waals surface area (Å²) in [7, 11) is 0. The van der Waals surface area contributed by atoms with Gasteiger partial charge in [0.25, 0.3) is 0 Å². The van der Waals surface area contributed by atoms with Gasteiger partial charge in [0.15, 0.2) is 0 Å². The maximum absolute atomic E-state index is 10.5.